The molecule has 0 bridgehead atoms. The summed E-state index contributed by atoms with van der Waals surface area (Å²) in [6.07, 6.45) is 0.354. The summed E-state index contributed by atoms with van der Waals surface area (Å²) in [6, 6.07) is 0. The maximum Gasteiger partial charge on any atom is 0.302 e. The van der Waals surface area contributed by atoms with Gasteiger partial charge in [0, 0.05) is 20.0 Å². The molecule has 0 aliphatic heterocycles. The highest BCUT2D eigenvalue weighted by Gasteiger charge is 2.02. The van der Waals surface area contributed by atoms with E-state index in [0.717, 1.165) is 0 Å². The van der Waals surface area contributed by atoms with Crippen LogP contribution in [0.2, 0.25) is 0 Å². The van der Waals surface area contributed by atoms with Crippen LogP contribution in [0.1, 0.15) is 20.3 Å². The number of aliphatic hydroxyl groups excluding tert-OH is 1. The quantitative estimate of drug-likeness (QED) is 0.562. The Morgan fingerprint density at radius 3 is 2.67 bits per heavy atom. The summed E-state index contributed by atoms with van der Waals surface area (Å²) in [4.78, 5) is 10.2. The Morgan fingerprint density at radius 2 is 2.33 bits per heavy atom. The van der Waals surface area contributed by atoms with Gasteiger partial charge in [-0.2, -0.15) is 0 Å². The lowest BCUT2D eigenvalue weighted by atomic mass is 10.3. The summed E-state index contributed by atoms with van der Waals surface area (Å²) in [5.41, 5.74) is 0. The highest BCUT2D eigenvalue weighted by molar-refractivity contribution is 5.66. The predicted molar refractivity (Wildman–Crippen MR) is 32.9 cm³/mol. The van der Waals surface area contributed by atoms with E-state index in [-0.39, 0.29) is 18.7 Å². The third-order valence-corrected chi connectivity index (χ3v) is 0.903. The molecule has 0 aromatic carbocycles. The molecule has 0 spiro atoms. The second-order valence-electron chi connectivity index (χ2n) is 1.93. The summed E-state index contributed by atoms with van der Waals surface area (Å²) >= 11 is 0. The van der Waals surface area contributed by atoms with Crippen LogP contribution in [0.3, 0.4) is 0 Å². The van der Waals surface area contributed by atoms with E-state index in [1.165, 1.54) is 6.92 Å². The van der Waals surface area contributed by atoms with Crippen molar-refractivity contribution in [3.05, 3.63) is 0 Å². The number of hydrogen-bond donors (Lipinski definition) is 1. The SMILES string of the molecule is CC(=O)OC(C)CCO. The maximum atomic E-state index is 10.2. The second kappa shape index (κ2) is 4.32. The zero-order valence-electron chi connectivity index (χ0n) is 5.76. The first-order valence-corrected chi connectivity index (χ1v) is 2.95. The van der Waals surface area contributed by atoms with E-state index in [2.05, 4.69) is 0 Å². The van der Waals surface area contributed by atoms with Crippen LogP contribution in [0.15, 0.2) is 0 Å². The highest BCUT2D eigenvalue weighted by atomic mass is 16.5. The first-order valence-electron chi connectivity index (χ1n) is 2.95. The van der Waals surface area contributed by atoms with Crippen molar-refractivity contribution in [3.63, 3.8) is 0 Å². The van der Waals surface area contributed by atoms with Crippen molar-refractivity contribution in [2.24, 2.45) is 0 Å². The van der Waals surface area contributed by atoms with Gasteiger partial charge in [-0.25, -0.2) is 0 Å². The lowest BCUT2D eigenvalue weighted by Crippen LogP contribution is -2.13. The van der Waals surface area contributed by atoms with Gasteiger partial charge in [-0.15, -0.1) is 0 Å². The van der Waals surface area contributed by atoms with E-state index >= 15 is 0 Å². The molecule has 0 saturated heterocycles. The van der Waals surface area contributed by atoms with Gasteiger partial charge in [-0.1, -0.05) is 0 Å². The minimum atomic E-state index is -0.295. The third-order valence-electron chi connectivity index (χ3n) is 0.903. The third kappa shape index (κ3) is 5.30. The molecule has 3 heteroatoms. The number of ether oxygens (including phenoxy) is 1. The van der Waals surface area contributed by atoms with E-state index in [0.29, 0.717) is 6.42 Å². The second-order valence-corrected chi connectivity index (χ2v) is 1.93. The highest BCUT2D eigenvalue weighted by Crippen LogP contribution is 1.95. The molecule has 0 fully saturated rings. The Hall–Kier alpha value is -0.570. The fraction of sp³-hybridized carbons (Fsp3) is 0.833. The van der Waals surface area contributed by atoms with E-state index in [9.17, 15) is 4.79 Å². The lowest BCUT2D eigenvalue weighted by molar-refractivity contribution is -0.145. The Balaban J connectivity index is 3.26. The number of aliphatic hydroxyl groups is 1. The Morgan fingerprint density at radius 1 is 1.78 bits per heavy atom. The molecule has 0 aliphatic carbocycles. The fourth-order valence-electron chi connectivity index (χ4n) is 0.524. The summed E-state index contributed by atoms with van der Waals surface area (Å²) in [7, 11) is 0. The van der Waals surface area contributed by atoms with Crippen molar-refractivity contribution in [1.29, 1.82) is 0 Å². The van der Waals surface area contributed by atoms with Crippen LogP contribution in [0.4, 0.5) is 0 Å². The smallest absolute Gasteiger partial charge is 0.302 e. The van der Waals surface area contributed by atoms with Gasteiger partial charge in [-0.3, -0.25) is 4.79 Å². The van der Waals surface area contributed by atoms with E-state index in [1.54, 1.807) is 6.92 Å². The van der Waals surface area contributed by atoms with Gasteiger partial charge in [0.25, 0.3) is 0 Å². The fourth-order valence-corrected chi connectivity index (χ4v) is 0.524. The standard InChI is InChI=1S/C6H12O3/c1-5(3-4-7)9-6(2)8/h5,7H,3-4H2,1-2H3. The average Bonchev–Trinajstić information content (AvgIpc) is 1.63. The minimum Gasteiger partial charge on any atom is -0.463 e. The zero-order valence-corrected chi connectivity index (χ0v) is 5.76. The van der Waals surface area contributed by atoms with Crippen LogP contribution in [-0.2, 0) is 9.53 Å². The van der Waals surface area contributed by atoms with E-state index in [1.807, 2.05) is 0 Å². The van der Waals surface area contributed by atoms with Crippen molar-refractivity contribution >= 4 is 5.97 Å². The van der Waals surface area contributed by atoms with Gasteiger partial charge in [-0.05, 0) is 6.92 Å². The van der Waals surface area contributed by atoms with Gasteiger partial charge >= 0.3 is 5.97 Å². The normalized spacial score (nSPS) is 12.8. The van der Waals surface area contributed by atoms with Crippen molar-refractivity contribution in [1.82, 2.24) is 0 Å². The van der Waals surface area contributed by atoms with Crippen LogP contribution in [0.5, 0.6) is 0 Å². The zero-order chi connectivity index (χ0) is 7.28. The minimum absolute atomic E-state index is 0.0639. The molecule has 1 atom stereocenters. The van der Waals surface area contributed by atoms with Gasteiger partial charge < -0.3 is 9.84 Å². The molecule has 0 saturated carbocycles. The molecular formula is C6H12O3. The average molecular weight is 132 g/mol. The maximum absolute atomic E-state index is 10.2. The van der Waals surface area contributed by atoms with Crippen molar-refractivity contribution in [2.45, 2.75) is 26.4 Å². The molecule has 0 radical (unpaired) electrons. The number of rotatable bonds is 3. The van der Waals surface area contributed by atoms with E-state index < -0.39 is 0 Å². The monoisotopic (exact) mass is 132 g/mol. The first kappa shape index (κ1) is 8.43. The van der Waals surface area contributed by atoms with Gasteiger partial charge in [0.1, 0.15) is 6.10 Å². The number of esters is 1. The lowest BCUT2D eigenvalue weighted by Gasteiger charge is -2.08. The summed E-state index contributed by atoms with van der Waals surface area (Å²) < 4.78 is 4.69. The van der Waals surface area contributed by atoms with Crippen LogP contribution in [-0.4, -0.2) is 23.8 Å². The molecule has 0 heterocycles. The van der Waals surface area contributed by atoms with Crippen molar-refractivity contribution in [2.75, 3.05) is 6.61 Å². The summed E-state index contributed by atoms with van der Waals surface area (Å²) in [5, 5.41) is 8.36. The number of carbonyl (C=O) groups is 1. The molecule has 9 heavy (non-hydrogen) atoms. The topological polar surface area (TPSA) is 46.5 Å². The Labute approximate surface area is 54.6 Å². The molecule has 0 rings (SSSR count). The van der Waals surface area contributed by atoms with Gasteiger partial charge in [0.05, 0.1) is 0 Å². The summed E-state index contributed by atoms with van der Waals surface area (Å²) in [5.74, 6) is -0.295. The molecule has 0 aromatic heterocycles. The van der Waals surface area contributed by atoms with Crippen molar-refractivity contribution < 1.29 is 14.6 Å². The van der Waals surface area contributed by atoms with Crippen LogP contribution < -0.4 is 0 Å². The van der Waals surface area contributed by atoms with E-state index in [4.69, 9.17) is 9.84 Å². The van der Waals surface area contributed by atoms with Crippen LogP contribution >= 0.6 is 0 Å². The molecule has 0 aliphatic rings. The first-order chi connectivity index (χ1) is 4.16. The summed E-state index contributed by atoms with van der Waals surface area (Å²) in [6.45, 7) is 3.17. The molecule has 3 nitrogen and oxygen atoms in total. The number of carbonyl (C=O) groups excluding carboxylic acids is 1. The van der Waals surface area contributed by atoms with Crippen LogP contribution in [0, 0.1) is 0 Å². The molecule has 1 N–H and O–H groups in total. The largest absolute Gasteiger partial charge is 0.463 e. The molecule has 0 aromatic rings. The number of hydrogen-bond acceptors (Lipinski definition) is 3. The predicted octanol–water partition coefficient (Wildman–Crippen LogP) is 0.320. The van der Waals surface area contributed by atoms with Crippen LogP contribution in [0.25, 0.3) is 0 Å². The van der Waals surface area contributed by atoms with Gasteiger partial charge in [0.2, 0.25) is 0 Å². The Kier molecular flexibility index (Phi) is 4.05. The molecular weight excluding hydrogens is 120 g/mol. The Bertz CT molecular complexity index is 90.3. The van der Waals surface area contributed by atoms with Crippen molar-refractivity contribution in [3.8, 4) is 0 Å². The van der Waals surface area contributed by atoms with Gasteiger partial charge in [0.15, 0.2) is 0 Å². The molecule has 0 amide bonds. The molecule has 1 unspecified atom stereocenters. The molecule has 54 valence electrons.